The minimum Gasteiger partial charge on any atom is -0.376 e. The second kappa shape index (κ2) is 8.40. The molecule has 2 fully saturated rings. The molecule has 3 heterocycles. The standard InChI is InChI=1S/C18H21N7O4S/c1-18(12-6-3-2-4-7-12)15(27)25(16(28)19-18)21-14(26)11-30-17-20-22-23-24(17)10-13-8-5-9-29-13/h2-4,6-7,13H,5,8-11H2,1H3,(H,19,28)(H,21,26)/t13-,18-/m0/s1. The summed E-state index contributed by atoms with van der Waals surface area (Å²) in [4.78, 5) is 37.5. The molecule has 4 rings (SSSR count). The summed E-state index contributed by atoms with van der Waals surface area (Å²) in [5.41, 5.74) is 1.75. The van der Waals surface area contributed by atoms with Gasteiger partial charge in [-0.2, -0.15) is 5.01 Å². The van der Waals surface area contributed by atoms with Crippen molar-refractivity contribution in [3.63, 3.8) is 0 Å². The van der Waals surface area contributed by atoms with Crippen LogP contribution in [0.3, 0.4) is 0 Å². The Kier molecular flexibility index (Phi) is 5.68. The Morgan fingerprint density at radius 3 is 2.90 bits per heavy atom. The lowest BCUT2D eigenvalue weighted by molar-refractivity contribution is -0.138. The van der Waals surface area contributed by atoms with Crippen LogP contribution in [0.5, 0.6) is 0 Å². The summed E-state index contributed by atoms with van der Waals surface area (Å²) in [6, 6.07) is 8.17. The van der Waals surface area contributed by atoms with Crippen molar-refractivity contribution in [3.05, 3.63) is 35.9 Å². The lowest BCUT2D eigenvalue weighted by atomic mass is 9.92. The fraction of sp³-hybridized carbons (Fsp3) is 0.444. The van der Waals surface area contributed by atoms with Crippen molar-refractivity contribution in [1.29, 1.82) is 0 Å². The van der Waals surface area contributed by atoms with Gasteiger partial charge in [-0.05, 0) is 35.8 Å². The van der Waals surface area contributed by atoms with Crippen molar-refractivity contribution in [2.24, 2.45) is 0 Å². The van der Waals surface area contributed by atoms with Crippen molar-refractivity contribution in [1.82, 2.24) is 36.0 Å². The summed E-state index contributed by atoms with van der Waals surface area (Å²) in [7, 11) is 0. The van der Waals surface area contributed by atoms with Crippen LogP contribution in [0.1, 0.15) is 25.3 Å². The van der Waals surface area contributed by atoms with Crippen molar-refractivity contribution >= 4 is 29.6 Å². The molecule has 0 saturated carbocycles. The van der Waals surface area contributed by atoms with E-state index in [-0.39, 0.29) is 11.9 Å². The molecule has 4 amide bonds. The molecule has 2 atom stereocenters. The Morgan fingerprint density at radius 1 is 1.37 bits per heavy atom. The van der Waals surface area contributed by atoms with Gasteiger partial charge in [-0.15, -0.1) is 5.10 Å². The Bertz CT molecular complexity index is 947. The van der Waals surface area contributed by atoms with E-state index in [4.69, 9.17) is 4.74 Å². The molecule has 2 N–H and O–H groups in total. The number of carbonyl (C=O) groups excluding carboxylic acids is 3. The number of carbonyl (C=O) groups is 3. The predicted molar refractivity (Wildman–Crippen MR) is 105 cm³/mol. The molecule has 12 heteroatoms. The van der Waals surface area contributed by atoms with Crippen LogP contribution in [-0.4, -0.2) is 61.5 Å². The molecular formula is C18H21N7O4S. The van der Waals surface area contributed by atoms with Gasteiger partial charge in [0, 0.05) is 6.61 Å². The number of thioether (sulfide) groups is 1. The van der Waals surface area contributed by atoms with Crippen LogP contribution in [0.4, 0.5) is 4.79 Å². The van der Waals surface area contributed by atoms with E-state index in [1.54, 1.807) is 35.9 Å². The smallest absolute Gasteiger partial charge is 0.344 e. The van der Waals surface area contributed by atoms with Crippen LogP contribution in [0.15, 0.2) is 35.5 Å². The molecule has 0 aliphatic carbocycles. The molecule has 2 aliphatic heterocycles. The molecule has 1 aromatic heterocycles. The third-order valence-corrected chi connectivity index (χ3v) is 5.97. The maximum absolute atomic E-state index is 12.8. The number of aromatic nitrogens is 4. The number of nitrogens with one attached hydrogen (secondary N) is 2. The van der Waals surface area contributed by atoms with Gasteiger partial charge in [0.2, 0.25) is 11.1 Å². The quantitative estimate of drug-likeness (QED) is 0.477. The van der Waals surface area contributed by atoms with Gasteiger partial charge in [0.15, 0.2) is 0 Å². The molecular weight excluding hydrogens is 410 g/mol. The molecule has 2 aromatic rings. The largest absolute Gasteiger partial charge is 0.376 e. The normalized spacial score (nSPS) is 23.6. The maximum atomic E-state index is 12.8. The second-order valence-corrected chi connectivity index (χ2v) is 8.11. The number of rotatable bonds is 7. The molecule has 0 bridgehead atoms. The fourth-order valence-corrected chi connectivity index (χ4v) is 4.07. The number of tetrazole rings is 1. The van der Waals surface area contributed by atoms with E-state index >= 15 is 0 Å². The minimum atomic E-state index is -1.25. The first-order chi connectivity index (χ1) is 14.5. The van der Waals surface area contributed by atoms with Gasteiger partial charge in [0.25, 0.3) is 5.91 Å². The maximum Gasteiger partial charge on any atom is 0.344 e. The molecule has 2 saturated heterocycles. The minimum absolute atomic E-state index is 0.0586. The molecule has 0 unspecified atom stereocenters. The van der Waals surface area contributed by atoms with Gasteiger partial charge >= 0.3 is 6.03 Å². The van der Waals surface area contributed by atoms with E-state index in [0.717, 1.165) is 31.2 Å². The fourth-order valence-electron chi connectivity index (χ4n) is 3.39. The lowest BCUT2D eigenvalue weighted by Crippen LogP contribution is -2.48. The summed E-state index contributed by atoms with van der Waals surface area (Å²) in [6.45, 7) is 2.84. The number of benzene rings is 1. The highest BCUT2D eigenvalue weighted by Crippen LogP contribution is 2.27. The molecule has 0 spiro atoms. The zero-order valence-electron chi connectivity index (χ0n) is 16.3. The number of hydrogen-bond donors (Lipinski definition) is 2. The zero-order valence-corrected chi connectivity index (χ0v) is 17.1. The van der Waals surface area contributed by atoms with Crippen molar-refractivity contribution in [2.45, 2.75) is 43.1 Å². The van der Waals surface area contributed by atoms with E-state index in [1.165, 1.54) is 0 Å². The Labute approximate surface area is 176 Å². The van der Waals surface area contributed by atoms with Gasteiger partial charge in [0.05, 0.1) is 18.4 Å². The summed E-state index contributed by atoms with van der Waals surface area (Å²) in [5.74, 6) is -1.14. The van der Waals surface area contributed by atoms with Crippen LogP contribution >= 0.6 is 11.8 Å². The molecule has 158 valence electrons. The first-order valence-corrected chi connectivity index (χ1v) is 10.5. The number of urea groups is 1. The van der Waals surface area contributed by atoms with Crippen LogP contribution in [0, 0.1) is 0 Å². The SMILES string of the molecule is C[C@@]1(c2ccccc2)NC(=O)N(NC(=O)CSc2nnnn2C[C@@H]2CCCO2)C1=O. The van der Waals surface area contributed by atoms with Gasteiger partial charge in [0.1, 0.15) is 5.54 Å². The Hall–Kier alpha value is -2.99. The number of amides is 4. The predicted octanol–water partition coefficient (Wildman–Crippen LogP) is 0.443. The van der Waals surface area contributed by atoms with E-state index < -0.39 is 23.4 Å². The number of nitrogens with zero attached hydrogens (tertiary/aromatic N) is 5. The number of imide groups is 1. The van der Waals surface area contributed by atoms with Gasteiger partial charge in [-0.3, -0.25) is 15.0 Å². The third-order valence-electron chi connectivity index (χ3n) is 5.01. The van der Waals surface area contributed by atoms with E-state index in [0.29, 0.717) is 22.3 Å². The van der Waals surface area contributed by atoms with E-state index in [1.807, 2.05) is 6.07 Å². The third kappa shape index (κ3) is 4.00. The van der Waals surface area contributed by atoms with Crippen molar-refractivity contribution in [3.8, 4) is 0 Å². The van der Waals surface area contributed by atoms with Crippen LogP contribution in [0.25, 0.3) is 0 Å². The topological polar surface area (TPSA) is 131 Å². The highest BCUT2D eigenvalue weighted by atomic mass is 32.2. The van der Waals surface area contributed by atoms with Gasteiger partial charge in [-0.1, -0.05) is 42.1 Å². The summed E-state index contributed by atoms with van der Waals surface area (Å²) in [5, 5.41) is 15.3. The first-order valence-electron chi connectivity index (χ1n) is 9.49. The number of ether oxygens (including phenoxy) is 1. The Morgan fingerprint density at radius 2 is 2.17 bits per heavy atom. The average molecular weight is 431 g/mol. The molecule has 1 aromatic carbocycles. The van der Waals surface area contributed by atoms with E-state index in [2.05, 4.69) is 26.3 Å². The monoisotopic (exact) mass is 431 g/mol. The highest BCUT2D eigenvalue weighted by molar-refractivity contribution is 7.99. The van der Waals surface area contributed by atoms with Crippen LogP contribution in [-0.2, 0) is 26.4 Å². The Balaban J connectivity index is 1.35. The van der Waals surface area contributed by atoms with Gasteiger partial charge < -0.3 is 10.1 Å². The summed E-state index contributed by atoms with van der Waals surface area (Å²) < 4.78 is 7.17. The highest BCUT2D eigenvalue weighted by Gasteiger charge is 2.49. The summed E-state index contributed by atoms with van der Waals surface area (Å²) in [6.07, 6.45) is 2.01. The van der Waals surface area contributed by atoms with Gasteiger partial charge in [-0.25, -0.2) is 9.48 Å². The number of hydrazine groups is 1. The van der Waals surface area contributed by atoms with Crippen molar-refractivity contribution < 1.29 is 19.1 Å². The van der Waals surface area contributed by atoms with Crippen LogP contribution < -0.4 is 10.7 Å². The molecule has 0 radical (unpaired) electrons. The second-order valence-electron chi connectivity index (χ2n) is 7.16. The van der Waals surface area contributed by atoms with Crippen molar-refractivity contribution in [2.75, 3.05) is 12.4 Å². The number of hydrogen-bond acceptors (Lipinski definition) is 8. The zero-order chi connectivity index (χ0) is 21.1. The summed E-state index contributed by atoms with van der Waals surface area (Å²) >= 11 is 1.12. The first kappa shape index (κ1) is 20.3. The van der Waals surface area contributed by atoms with Crippen LogP contribution in [0.2, 0.25) is 0 Å². The molecule has 11 nitrogen and oxygen atoms in total. The average Bonchev–Trinajstić information content (AvgIpc) is 3.46. The molecule has 2 aliphatic rings. The molecule has 30 heavy (non-hydrogen) atoms. The lowest BCUT2D eigenvalue weighted by Gasteiger charge is -2.22. The van der Waals surface area contributed by atoms with E-state index in [9.17, 15) is 14.4 Å².